The Balaban J connectivity index is 2.13. The van der Waals surface area contributed by atoms with E-state index in [4.69, 9.17) is 27.9 Å². The molecule has 0 aliphatic heterocycles. The lowest BCUT2D eigenvalue weighted by atomic mass is 10.3. The van der Waals surface area contributed by atoms with Crippen LogP contribution in [0.25, 0.3) is 0 Å². The predicted octanol–water partition coefficient (Wildman–Crippen LogP) is 3.65. The quantitative estimate of drug-likeness (QED) is 0.779. The largest absolute Gasteiger partial charge is 0.479 e. The summed E-state index contributed by atoms with van der Waals surface area (Å²) in [6, 6.07) is 10.7. The van der Waals surface area contributed by atoms with Crippen LogP contribution >= 0.6 is 23.2 Å². The highest BCUT2D eigenvalue weighted by atomic mass is 35.5. The maximum atomic E-state index is 12.3. The Morgan fingerprint density at radius 2 is 1.85 bits per heavy atom. The number of sulfonamides is 1. The van der Waals surface area contributed by atoms with Crippen molar-refractivity contribution < 1.29 is 17.9 Å². The summed E-state index contributed by atoms with van der Waals surface area (Å²) in [5.41, 5.74) is 0.338. The minimum atomic E-state index is -3.60. The number of amides is 1. The fraction of sp³-hybridized carbons (Fsp3) is 0.235. The average Bonchev–Trinajstić information content (AvgIpc) is 2.58. The Morgan fingerprint density at radius 1 is 1.15 bits per heavy atom. The first-order valence-corrected chi connectivity index (χ1v) is 9.76. The lowest BCUT2D eigenvalue weighted by Gasteiger charge is -2.17. The molecule has 0 spiro atoms. The molecule has 0 heterocycles. The third-order valence-corrected chi connectivity index (χ3v) is 5.80. The van der Waals surface area contributed by atoms with Gasteiger partial charge in [-0.2, -0.15) is 0 Å². The molecule has 2 aromatic rings. The number of halogens is 2. The molecule has 1 N–H and O–H groups in total. The average molecular weight is 417 g/mol. The second-order valence-electron chi connectivity index (χ2n) is 5.64. The van der Waals surface area contributed by atoms with Crippen molar-refractivity contribution in [1.29, 1.82) is 0 Å². The first-order valence-electron chi connectivity index (χ1n) is 7.56. The number of benzene rings is 2. The first-order chi connectivity index (χ1) is 12.1. The molecule has 2 rings (SSSR count). The van der Waals surface area contributed by atoms with E-state index < -0.39 is 22.0 Å². The molecule has 9 heteroatoms. The standard InChI is InChI=1S/C17H18Cl2N2O4S/c1-11(25-16-9-12(18)7-8-15(16)19)17(22)20-13-5-4-6-14(10-13)26(23,24)21(2)3/h4-11H,1-3H3,(H,20,22). The highest BCUT2D eigenvalue weighted by molar-refractivity contribution is 7.89. The van der Waals surface area contributed by atoms with E-state index in [1.165, 1.54) is 32.3 Å². The molecule has 0 aromatic heterocycles. The molecule has 0 fully saturated rings. The molecular weight excluding hydrogens is 399 g/mol. The number of hydrogen-bond acceptors (Lipinski definition) is 4. The van der Waals surface area contributed by atoms with Crippen LogP contribution in [0, 0.1) is 0 Å². The van der Waals surface area contributed by atoms with Crippen LogP contribution in [0.2, 0.25) is 10.0 Å². The molecule has 140 valence electrons. The zero-order valence-electron chi connectivity index (χ0n) is 14.4. The zero-order valence-corrected chi connectivity index (χ0v) is 16.7. The van der Waals surface area contributed by atoms with Crippen molar-refractivity contribution in [2.45, 2.75) is 17.9 Å². The van der Waals surface area contributed by atoms with Gasteiger partial charge in [0.25, 0.3) is 5.91 Å². The van der Waals surface area contributed by atoms with Crippen molar-refractivity contribution in [2.75, 3.05) is 19.4 Å². The van der Waals surface area contributed by atoms with Gasteiger partial charge in [0, 0.05) is 30.9 Å². The summed E-state index contributed by atoms with van der Waals surface area (Å²) in [6.07, 6.45) is -0.875. The second kappa shape index (κ2) is 8.26. The van der Waals surface area contributed by atoms with E-state index in [0.29, 0.717) is 15.7 Å². The van der Waals surface area contributed by atoms with Gasteiger partial charge in [0.15, 0.2) is 6.10 Å². The topological polar surface area (TPSA) is 75.7 Å². The van der Waals surface area contributed by atoms with Crippen molar-refractivity contribution in [3.63, 3.8) is 0 Å². The maximum absolute atomic E-state index is 12.3. The number of nitrogens with zero attached hydrogens (tertiary/aromatic N) is 1. The maximum Gasteiger partial charge on any atom is 0.265 e. The van der Waals surface area contributed by atoms with E-state index in [9.17, 15) is 13.2 Å². The Labute approximate surface area is 162 Å². The fourth-order valence-electron chi connectivity index (χ4n) is 2.00. The lowest BCUT2D eigenvalue weighted by molar-refractivity contribution is -0.122. The molecule has 1 atom stereocenters. The van der Waals surface area contributed by atoms with Crippen LogP contribution in [0.3, 0.4) is 0 Å². The molecule has 0 aliphatic rings. The summed E-state index contributed by atoms with van der Waals surface area (Å²) < 4.78 is 31.0. The highest BCUT2D eigenvalue weighted by Gasteiger charge is 2.20. The molecule has 2 aromatic carbocycles. The van der Waals surface area contributed by atoms with Gasteiger partial charge in [-0.25, -0.2) is 12.7 Å². The predicted molar refractivity (Wildman–Crippen MR) is 102 cm³/mol. The molecule has 1 unspecified atom stereocenters. The molecule has 0 saturated heterocycles. The SMILES string of the molecule is CC(Oc1cc(Cl)ccc1Cl)C(=O)Nc1cccc(S(=O)(=O)N(C)C)c1. The van der Waals surface area contributed by atoms with Gasteiger partial charge in [-0.3, -0.25) is 4.79 Å². The Morgan fingerprint density at radius 3 is 2.50 bits per heavy atom. The van der Waals surface area contributed by atoms with E-state index >= 15 is 0 Å². The summed E-state index contributed by atoms with van der Waals surface area (Å²) in [7, 11) is -0.724. The number of anilines is 1. The number of rotatable bonds is 6. The van der Waals surface area contributed by atoms with Crippen molar-refractivity contribution in [3.05, 3.63) is 52.5 Å². The number of nitrogens with one attached hydrogen (secondary N) is 1. The third-order valence-electron chi connectivity index (χ3n) is 3.45. The van der Waals surface area contributed by atoms with Crippen LogP contribution in [-0.2, 0) is 14.8 Å². The van der Waals surface area contributed by atoms with Gasteiger partial charge in [-0.05, 0) is 37.3 Å². The van der Waals surface area contributed by atoms with Crippen LogP contribution in [0.5, 0.6) is 5.75 Å². The number of carbonyl (C=O) groups excluding carboxylic acids is 1. The first kappa shape index (κ1) is 20.5. The van der Waals surface area contributed by atoms with Crippen LogP contribution in [0.1, 0.15) is 6.92 Å². The van der Waals surface area contributed by atoms with Crippen LogP contribution in [0.15, 0.2) is 47.4 Å². The molecule has 0 bridgehead atoms. The molecular formula is C17H18Cl2N2O4S. The molecule has 1 amide bonds. The van der Waals surface area contributed by atoms with Gasteiger partial charge in [-0.1, -0.05) is 29.3 Å². The van der Waals surface area contributed by atoms with Crippen molar-refractivity contribution in [2.24, 2.45) is 0 Å². The van der Waals surface area contributed by atoms with Crippen LogP contribution < -0.4 is 10.1 Å². The van der Waals surface area contributed by atoms with Crippen molar-refractivity contribution >= 4 is 44.8 Å². The molecule has 0 radical (unpaired) electrons. The van der Waals surface area contributed by atoms with Gasteiger partial charge < -0.3 is 10.1 Å². The van der Waals surface area contributed by atoms with Gasteiger partial charge in [0.2, 0.25) is 10.0 Å². The van der Waals surface area contributed by atoms with Crippen LogP contribution in [-0.4, -0.2) is 38.8 Å². The molecule has 0 saturated carbocycles. The molecule has 26 heavy (non-hydrogen) atoms. The third kappa shape index (κ3) is 4.88. The number of hydrogen-bond donors (Lipinski definition) is 1. The van der Waals surface area contributed by atoms with Gasteiger partial charge in [0.05, 0.1) is 9.92 Å². The normalized spacial score (nSPS) is 12.7. The summed E-state index contributed by atoms with van der Waals surface area (Å²) in [5.74, 6) is -0.175. The van der Waals surface area contributed by atoms with Gasteiger partial charge in [0.1, 0.15) is 5.75 Å². The molecule has 0 aliphatic carbocycles. The van der Waals surface area contributed by atoms with Crippen molar-refractivity contribution in [1.82, 2.24) is 4.31 Å². The Bertz CT molecular complexity index is 917. The van der Waals surface area contributed by atoms with E-state index in [-0.39, 0.29) is 10.6 Å². The number of carbonyl (C=O) groups is 1. The minimum Gasteiger partial charge on any atom is -0.479 e. The highest BCUT2D eigenvalue weighted by Crippen LogP contribution is 2.28. The monoisotopic (exact) mass is 416 g/mol. The van der Waals surface area contributed by atoms with Gasteiger partial charge >= 0.3 is 0 Å². The Hall–Kier alpha value is -1.80. The van der Waals surface area contributed by atoms with E-state index in [1.807, 2.05) is 0 Å². The minimum absolute atomic E-state index is 0.0757. The molecule has 6 nitrogen and oxygen atoms in total. The second-order valence-corrected chi connectivity index (χ2v) is 8.63. The summed E-state index contributed by atoms with van der Waals surface area (Å²) in [4.78, 5) is 12.4. The van der Waals surface area contributed by atoms with E-state index in [0.717, 1.165) is 4.31 Å². The van der Waals surface area contributed by atoms with Crippen LogP contribution in [0.4, 0.5) is 5.69 Å². The smallest absolute Gasteiger partial charge is 0.265 e. The van der Waals surface area contributed by atoms with E-state index in [2.05, 4.69) is 5.32 Å². The van der Waals surface area contributed by atoms with E-state index in [1.54, 1.807) is 31.2 Å². The zero-order chi connectivity index (χ0) is 19.5. The lowest BCUT2D eigenvalue weighted by Crippen LogP contribution is -2.30. The summed E-state index contributed by atoms with van der Waals surface area (Å²) >= 11 is 11.9. The van der Waals surface area contributed by atoms with Crippen molar-refractivity contribution in [3.8, 4) is 5.75 Å². The summed E-state index contributed by atoms with van der Waals surface area (Å²) in [5, 5.41) is 3.38. The summed E-state index contributed by atoms with van der Waals surface area (Å²) in [6.45, 7) is 1.55. The fourth-order valence-corrected chi connectivity index (χ4v) is 3.27. The number of ether oxygens (including phenoxy) is 1. The van der Waals surface area contributed by atoms with Gasteiger partial charge in [-0.15, -0.1) is 0 Å². The Kier molecular flexibility index (Phi) is 6.52.